The molecule has 0 aromatic heterocycles. The van der Waals surface area contributed by atoms with E-state index in [0.717, 1.165) is 0 Å². The van der Waals surface area contributed by atoms with Crippen LogP contribution in [0.15, 0.2) is 12.1 Å². The fraction of sp³-hybridized carbons (Fsp3) is 0.364. The number of hydrogen-bond acceptors (Lipinski definition) is 2. The van der Waals surface area contributed by atoms with Crippen molar-refractivity contribution in [1.29, 1.82) is 0 Å². The molecule has 0 saturated carbocycles. The summed E-state index contributed by atoms with van der Waals surface area (Å²) < 4.78 is 0. The van der Waals surface area contributed by atoms with E-state index in [1.807, 2.05) is 13.8 Å². The molecule has 1 aromatic carbocycles. The summed E-state index contributed by atoms with van der Waals surface area (Å²) in [7, 11) is 0. The minimum atomic E-state index is -0.185. The predicted molar refractivity (Wildman–Crippen MR) is 60.5 cm³/mol. The van der Waals surface area contributed by atoms with Gasteiger partial charge in [0.2, 0.25) is 0 Å². The van der Waals surface area contributed by atoms with E-state index in [2.05, 4.69) is 5.32 Å². The monoisotopic (exact) mass is 227 g/mol. The van der Waals surface area contributed by atoms with Gasteiger partial charge >= 0.3 is 0 Å². The molecule has 0 heterocycles. The van der Waals surface area contributed by atoms with E-state index in [9.17, 15) is 9.90 Å². The van der Waals surface area contributed by atoms with Gasteiger partial charge < -0.3 is 10.4 Å². The summed E-state index contributed by atoms with van der Waals surface area (Å²) in [4.78, 5) is 11.6. The standard InChI is InChI=1S/C11H14ClNO2/c1-6(2)13-11(15)8-4-7(3)10(14)9(12)5-8/h4-6,14H,1-3H3,(H,13,15). The van der Waals surface area contributed by atoms with Crippen molar-refractivity contribution in [2.24, 2.45) is 0 Å². The van der Waals surface area contributed by atoms with E-state index in [4.69, 9.17) is 11.6 Å². The molecule has 4 heteroatoms. The van der Waals surface area contributed by atoms with E-state index in [1.165, 1.54) is 6.07 Å². The summed E-state index contributed by atoms with van der Waals surface area (Å²) in [6.45, 7) is 5.47. The van der Waals surface area contributed by atoms with Gasteiger partial charge in [-0.15, -0.1) is 0 Å². The molecule has 0 fully saturated rings. The highest BCUT2D eigenvalue weighted by Gasteiger charge is 2.11. The maximum absolute atomic E-state index is 11.6. The molecule has 82 valence electrons. The van der Waals surface area contributed by atoms with Crippen LogP contribution in [0, 0.1) is 6.92 Å². The highest BCUT2D eigenvalue weighted by molar-refractivity contribution is 6.32. The molecule has 0 aliphatic heterocycles. The Morgan fingerprint density at radius 3 is 2.53 bits per heavy atom. The average molecular weight is 228 g/mol. The number of carbonyl (C=O) groups is 1. The summed E-state index contributed by atoms with van der Waals surface area (Å²) in [5, 5.41) is 12.4. The maximum atomic E-state index is 11.6. The number of phenols is 1. The molecule has 0 aliphatic carbocycles. The lowest BCUT2D eigenvalue weighted by Crippen LogP contribution is -2.30. The maximum Gasteiger partial charge on any atom is 0.251 e. The Morgan fingerprint density at radius 1 is 1.47 bits per heavy atom. The van der Waals surface area contributed by atoms with Crippen LogP contribution in [0.2, 0.25) is 5.02 Å². The fourth-order valence-electron chi connectivity index (χ4n) is 1.21. The van der Waals surface area contributed by atoms with Crippen molar-refractivity contribution >= 4 is 17.5 Å². The molecule has 0 atom stereocenters. The van der Waals surface area contributed by atoms with Crippen LogP contribution < -0.4 is 5.32 Å². The first-order chi connectivity index (χ1) is 6.91. The lowest BCUT2D eigenvalue weighted by molar-refractivity contribution is 0.0943. The van der Waals surface area contributed by atoms with E-state index in [0.29, 0.717) is 11.1 Å². The van der Waals surface area contributed by atoms with Crippen molar-refractivity contribution in [3.8, 4) is 5.75 Å². The van der Waals surface area contributed by atoms with Gasteiger partial charge in [0, 0.05) is 11.6 Å². The van der Waals surface area contributed by atoms with E-state index in [1.54, 1.807) is 13.0 Å². The number of rotatable bonds is 2. The minimum absolute atomic E-state index is 0.0257. The van der Waals surface area contributed by atoms with Crippen LogP contribution in [-0.4, -0.2) is 17.1 Å². The first-order valence-corrected chi connectivity index (χ1v) is 5.09. The third-order valence-corrected chi connectivity index (χ3v) is 2.22. The third kappa shape index (κ3) is 2.86. The number of hydrogen-bond donors (Lipinski definition) is 2. The highest BCUT2D eigenvalue weighted by atomic mass is 35.5. The molecule has 3 nitrogen and oxygen atoms in total. The third-order valence-electron chi connectivity index (χ3n) is 1.94. The van der Waals surface area contributed by atoms with Gasteiger partial charge in [0.25, 0.3) is 5.91 Å². The zero-order valence-electron chi connectivity index (χ0n) is 8.97. The predicted octanol–water partition coefficient (Wildman–Crippen LogP) is 2.49. The fourth-order valence-corrected chi connectivity index (χ4v) is 1.48. The Hall–Kier alpha value is -1.22. The topological polar surface area (TPSA) is 49.3 Å². The average Bonchev–Trinajstić information content (AvgIpc) is 2.12. The van der Waals surface area contributed by atoms with Crippen molar-refractivity contribution in [2.75, 3.05) is 0 Å². The second-order valence-electron chi connectivity index (χ2n) is 3.75. The number of phenolic OH excluding ortho intramolecular Hbond substituents is 1. The number of carbonyl (C=O) groups excluding carboxylic acids is 1. The number of amides is 1. The van der Waals surface area contributed by atoms with Gasteiger partial charge in [0.15, 0.2) is 0 Å². The molecule has 0 bridgehead atoms. The molecular formula is C11H14ClNO2. The molecule has 15 heavy (non-hydrogen) atoms. The number of nitrogens with one attached hydrogen (secondary N) is 1. The van der Waals surface area contributed by atoms with Crippen LogP contribution in [0.5, 0.6) is 5.75 Å². The molecule has 1 rings (SSSR count). The van der Waals surface area contributed by atoms with Crippen LogP contribution in [0.3, 0.4) is 0 Å². The minimum Gasteiger partial charge on any atom is -0.506 e. The molecule has 1 amide bonds. The second-order valence-corrected chi connectivity index (χ2v) is 4.16. The summed E-state index contributed by atoms with van der Waals surface area (Å²) >= 11 is 5.77. The van der Waals surface area contributed by atoms with Crippen LogP contribution in [-0.2, 0) is 0 Å². The normalized spacial score (nSPS) is 10.5. The molecule has 0 spiro atoms. The molecule has 1 aromatic rings. The van der Waals surface area contributed by atoms with Crippen LogP contribution in [0.4, 0.5) is 0 Å². The van der Waals surface area contributed by atoms with E-state index in [-0.39, 0.29) is 22.7 Å². The molecular weight excluding hydrogens is 214 g/mol. The Morgan fingerprint density at radius 2 is 2.07 bits per heavy atom. The Bertz CT molecular complexity index is 365. The van der Waals surface area contributed by atoms with E-state index < -0.39 is 0 Å². The Kier molecular flexibility index (Phi) is 3.58. The van der Waals surface area contributed by atoms with Gasteiger partial charge in [-0.1, -0.05) is 11.6 Å². The molecule has 2 N–H and O–H groups in total. The van der Waals surface area contributed by atoms with Crippen molar-refractivity contribution < 1.29 is 9.90 Å². The molecule has 0 saturated heterocycles. The van der Waals surface area contributed by atoms with Crippen LogP contribution in [0.25, 0.3) is 0 Å². The molecule has 0 aliphatic rings. The van der Waals surface area contributed by atoms with Gasteiger partial charge in [0.05, 0.1) is 5.02 Å². The van der Waals surface area contributed by atoms with Crippen LogP contribution in [0.1, 0.15) is 29.8 Å². The van der Waals surface area contributed by atoms with E-state index >= 15 is 0 Å². The molecule has 0 unspecified atom stereocenters. The van der Waals surface area contributed by atoms with Crippen LogP contribution >= 0.6 is 11.6 Å². The summed E-state index contributed by atoms with van der Waals surface area (Å²) in [6, 6.07) is 3.14. The quantitative estimate of drug-likeness (QED) is 0.816. The van der Waals surface area contributed by atoms with Crippen molar-refractivity contribution in [3.63, 3.8) is 0 Å². The smallest absolute Gasteiger partial charge is 0.251 e. The van der Waals surface area contributed by atoms with Gasteiger partial charge in [-0.3, -0.25) is 4.79 Å². The SMILES string of the molecule is Cc1cc(C(=O)NC(C)C)cc(Cl)c1O. The number of aryl methyl sites for hydroxylation is 1. The van der Waals surface area contributed by atoms with Crippen molar-refractivity contribution in [3.05, 3.63) is 28.3 Å². The lowest BCUT2D eigenvalue weighted by atomic mass is 10.1. The second kappa shape index (κ2) is 4.53. The lowest BCUT2D eigenvalue weighted by Gasteiger charge is -2.10. The first-order valence-electron chi connectivity index (χ1n) is 4.71. The first kappa shape index (κ1) is 11.9. The summed E-state index contributed by atoms with van der Waals surface area (Å²) in [6.07, 6.45) is 0. The number of aromatic hydroxyl groups is 1. The van der Waals surface area contributed by atoms with Gasteiger partial charge in [0.1, 0.15) is 5.75 Å². The van der Waals surface area contributed by atoms with Gasteiger partial charge in [-0.25, -0.2) is 0 Å². The van der Waals surface area contributed by atoms with Crippen molar-refractivity contribution in [2.45, 2.75) is 26.8 Å². The van der Waals surface area contributed by atoms with Gasteiger partial charge in [-0.2, -0.15) is 0 Å². The zero-order chi connectivity index (χ0) is 11.6. The summed E-state index contributed by atoms with van der Waals surface area (Å²) in [5.74, 6) is -0.159. The van der Waals surface area contributed by atoms with Crippen molar-refractivity contribution in [1.82, 2.24) is 5.32 Å². The number of halogens is 1. The Balaban J connectivity index is 3.01. The largest absolute Gasteiger partial charge is 0.506 e. The zero-order valence-corrected chi connectivity index (χ0v) is 9.72. The molecule has 0 radical (unpaired) electrons. The summed E-state index contributed by atoms with van der Waals surface area (Å²) in [5.41, 5.74) is 1.06. The van der Waals surface area contributed by atoms with Gasteiger partial charge in [-0.05, 0) is 38.5 Å². The Labute approximate surface area is 94.1 Å². The highest BCUT2D eigenvalue weighted by Crippen LogP contribution is 2.28. The number of benzene rings is 1.